The Balaban J connectivity index is 2.14. The van der Waals surface area contributed by atoms with Crippen LogP contribution >= 0.6 is 15.9 Å². The van der Waals surface area contributed by atoms with Gasteiger partial charge in [-0.15, -0.1) is 0 Å². The molecule has 1 aliphatic heterocycles. The Hall–Kier alpha value is -1.18. The van der Waals surface area contributed by atoms with Gasteiger partial charge in [0.1, 0.15) is 0 Å². The summed E-state index contributed by atoms with van der Waals surface area (Å²) in [5, 5.41) is 2.80. The zero-order valence-corrected chi connectivity index (χ0v) is 16.0. The summed E-state index contributed by atoms with van der Waals surface area (Å²) in [5.74, 6) is -0.159. The van der Waals surface area contributed by atoms with Gasteiger partial charge >= 0.3 is 0 Å². The summed E-state index contributed by atoms with van der Waals surface area (Å²) in [6.45, 7) is 1.71. The van der Waals surface area contributed by atoms with Gasteiger partial charge in [-0.3, -0.25) is 4.79 Å². The van der Waals surface area contributed by atoms with E-state index in [0.29, 0.717) is 10.5 Å². The molecule has 130 valence electrons. The van der Waals surface area contributed by atoms with Gasteiger partial charge in [-0.2, -0.15) is 0 Å². The number of hydrogen-bond acceptors (Lipinski definition) is 3. The van der Waals surface area contributed by atoms with Crippen molar-refractivity contribution >= 4 is 36.8 Å². The summed E-state index contributed by atoms with van der Waals surface area (Å²) in [6.07, 6.45) is 4.65. The molecule has 2 aliphatic rings. The van der Waals surface area contributed by atoms with E-state index >= 15 is 0 Å². The van der Waals surface area contributed by atoms with Gasteiger partial charge < -0.3 is 5.32 Å². The number of benzene rings is 1. The van der Waals surface area contributed by atoms with Crippen molar-refractivity contribution in [2.45, 2.75) is 44.6 Å². The summed E-state index contributed by atoms with van der Waals surface area (Å²) < 4.78 is 29.6. The van der Waals surface area contributed by atoms with Gasteiger partial charge in [0.15, 0.2) is 0 Å². The van der Waals surface area contributed by atoms with Gasteiger partial charge in [-0.05, 0) is 36.1 Å². The first kappa shape index (κ1) is 17.6. The summed E-state index contributed by atoms with van der Waals surface area (Å²) >= 11 is 3.38. The van der Waals surface area contributed by atoms with E-state index in [9.17, 15) is 13.2 Å². The van der Waals surface area contributed by atoms with E-state index in [1.165, 1.54) is 6.92 Å². The average Bonchev–Trinajstić information content (AvgIpc) is 2.73. The zero-order valence-electron chi connectivity index (χ0n) is 13.6. The molecule has 0 bridgehead atoms. The molecule has 0 unspecified atom stereocenters. The number of nitrogens with one attached hydrogen (secondary N) is 2. The first-order chi connectivity index (χ1) is 11.3. The van der Waals surface area contributed by atoms with Gasteiger partial charge in [-0.1, -0.05) is 47.3 Å². The number of hydrogen-bond donors (Lipinski definition) is 2. The lowest BCUT2D eigenvalue weighted by atomic mass is 9.76. The molecule has 3 rings (SSSR count). The Morgan fingerprint density at radius 3 is 2.42 bits per heavy atom. The summed E-state index contributed by atoms with van der Waals surface area (Å²) in [6, 6.07) is 7.27. The number of carbonyl (C=O) groups excluding carboxylic acids is 1. The standard InChI is InChI=1S/C17H21BrN2O3S/c1-12(21)19-11-15-16(13-5-7-14(18)8-6-13)24(22,23)20-17(15)9-3-2-4-10-17/h5-8,20H,2-4,9-11H2,1H3,(H,19,21). The third kappa shape index (κ3) is 3.30. The van der Waals surface area contributed by atoms with Crippen LogP contribution in [-0.2, 0) is 14.8 Å². The molecule has 1 saturated carbocycles. The van der Waals surface area contributed by atoms with Crippen LogP contribution in [0.15, 0.2) is 34.3 Å². The predicted octanol–water partition coefficient (Wildman–Crippen LogP) is 2.93. The Labute approximate surface area is 151 Å². The van der Waals surface area contributed by atoms with Crippen molar-refractivity contribution in [2.24, 2.45) is 0 Å². The lowest BCUT2D eigenvalue weighted by Gasteiger charge is -2.35. The van der Waals surface area contributed by atoms with Crippen molar-refractivity contribution in [3.63, 3.8) is 0 Å². The highest BCUT2D eigenvalue weighted by Crippen LogP contribution is 2.45. The van der Waals surface area contributed by atoms with Crippen LogP contribution in [0.1, 0.15) is 44.6 Å². The number of halogens is 1. The average molecular weight is 413 g/mol. The monoisotopic (exact) mass is 412 g/mol. The smallest absolute Gasteiger partial charge is 0.242 e. The maximum Gasteiger partial charge on any atom is 0.242 e. The first-order valence-corrected chi connectivity index (χ1v) is 10.4. The van der Waals surface area contributed by atoms with E-state index in [1.807, 2.05) is 12.1 Å². The highest BCUT2D eigenvalue weighted by Gasteiger charge is 2.48. The minimum Gasteiger partial charge on any atom is -0.352 e. The summed E-state index contributed by atoms with van der Waals surface area (Å²) in [4.78, 5) is 11.7. The van der Waals surface area contributed by atoms with Crippen molar-refractivity contribution < 1.29 is 13.2 Å². The third-order valence-electron chi connectivity index (χ3n) is 4.78. The van der Waals surface area contributed by atoms with E-state index in [1.54, 1.807) is 12.1 Å². The third-order valence-corrected chi connectivity index (χ3v) is 6.99. The first-order valence-electron chi connectivity index (χ1n) is 8.12. The molecule has 0 atom stereocenters. The van der Waals surface area contributed by atoms with E-state index < -0.39 is 15.6 Å². The maximum absolute atomic E-state index is 12.9. The Morgan fingerprint density at radius 2 is 1.83 bits per heavy atom. The van der Waals surface area contributed by atoms with E-state index in [-0.39, 0.29) is 12.5 Å². The van der Waals surface area contributed by atoms with Crippen LogP contribution in [-0.4, -0.2) is 26.4 Å². The molecule has 1 aromatic rings. The predicted molar refractivity (Wildman–Crippen MR) is 97.6 cm³/mol. The van der Waals surface area contributed by atoms with Crippen LogP contribution in [0.3, 0.4) is 0 Å². The van der Waals surface area contributed by atoms with Crippen molar-refractivity contribution in [2.75, 3.05) is 6.54 Å². The highest BCUT2D eigenvalue weighted by atomic mass is 79.9. The molecule has 0 radical (unpaired) electrons. The topological polar surface area (TPSA) is 75.3 Å². The summed E-state index contributed by atoms with van der Waals surface area (Å²) in [7, 11) is -3.60. The van der Waals surface area contributed by atoms with Crippen molar-refractivity contribution in [1.82, 2.24) is 10.0 Å². The van der Waals surface area contributed by atoms with Gasteiger partial charge in [0.05, 0.1) is 10.4 Å². The molecular weight excluding hydrogens is 392 g/mol. The van der Waals surface area contributed by atoms with Crippen molar-refractivity contribution in [3.05, 3.63) is 39.9 Å². The van der Waals surface area contributed by atoms with Crippen LogP contribution in [0.2, 0.25) is 0 Å². The number of sulfonamides is 1. The molecule has 1 spiro atoms. The molecular formula is C17H21BrN2O3S. The molecule has 1 aliphatic carbocycles. The molecule has 5 nitrogen and oxygen atoms in total. The minimum atomic E-state index is -3.60. The Bertz CT molecular complexity index is 779. The minimum absolute atomic E-state index is 0.159. The fraction of sp³-hybridized carbons (Fsp3) is 0.471. The fourth-order valence-electron chi connectivity index (χ4n) is 3.70. The van der Waals surface area contributed by atoms with Crippen molar-refractivity contribution in [1.29, 1.82) is 0 Å². The van der Waals surface area contributed by atoms with Gasteiger partial charge in [0.2, 0.25) is 15.9 Å². The van der Waals surface area contributed by atoms with Crippen LogP contribution in [0, 0.1) is 0 Å². The fourth-order valence-corrected chi connectivity index (χ4v) is 5.95. The SMILES string of the molecule is CC(=O)NCC1=C(c2ccc(Br)cc2)S(=O)(=O)NC12CCCCC2. The largest absolute Gasteiger partial charge is 0.352 e. The summed E-state index contributed by atoms with van der Waals surface area (Å²) in [5.41, 5.74) is 0.898. The van der Waals surface area contributed by atoms with Crippen LogP contribution in [0.25, 0.3) is 4.91 Å². The Kier molecular flexibility index (Phi) is 4.86. The quantitative estimate of drug-likeness (QED) is 0.800. The van der Waals surface area contributed by atoms with Crippen molar-refractivity contribution in [3.8, 4) is 0 Å². The van der Waals surface area contributed by atoms with E-state index in [4.69, 9.17) is 0 Å². The second kappa shape index (κ2) is 6.61. The van der Waals surface area contributed by atoms with E-state index in [0.717, 1.165) is 42.1 Å². The number of amides is 1. The number of rotatable bonds is 3. The molecule has 24 heavy (non-hydrogen) atoms. The molecule has 1 aromatic carbocycles. The second-order valence-electron chi connectivity index (χ2n) is 6.47. The number of carbonyl (C=O) groups is 1. The van der Waals surface area contributed by atoms with Gasteiger partial charge in [0.25, 0.3) is 0 Å². The van der Waals surface area contributed by atoms with E-state index in [2.05, 4.69) is 26.0 Å². The van der Waals surface area contributed by atoms with Gasteiger partial charge in [-0.25, -0.2) is 13.1 Å². The van der Waals surface area contributed by atoms with Crippen LogP contribution in [0.4, 0.5) is 0 Å². The molecule has 1 heterocycles. The Morgan fingerprint density at radius 1 is 1.21 bits per heavy atom. The molecule has 2 N–H and O–H groups in total. The molecule has 1 amide bonds. The molecule has 0 aromatic heterocycles. The molecule has 0 saturated heterocycles. The van der Waals surface area contributed by atoms with Crippen LogP contribution in [0.5, 0.6) is 0 Å². The lowest BCUT2D eigenvalue weighted by molar-refractivity contribution is -0.118. The zero-order chi connectivity index (χ0) is 17.4. The second-order valence-corrected chi connectivity index (χ2v) is 9.01. The normalized spacial score (nSPS) is 21.9. The highest BCUT2D eigenvalue weighted by molar-refractivity contribution is 9.10. The molecule has 7 heteroatoms. The van der Waals surface area contributed by atoms with Gasteiger partial charge in [0, 0.05) is 17.9 Å². The van der Waals surface area contributed by atoms with Crippen LogP contribution < -0.4 is 10.0 Å². The lowest BCUT2D eigenvalue weighted by Crippen LogP contribution is -2.47. The molecule has 1 fully saturated rings. The maximum atomic E-state index is 12.9.